The molecule has 2 heteroatoms. The molecule has 0 spiro atoms. The van der Waals surface area contributed by atoms with Crippen molar-refractivity contribution in [2.24, 2.45) is 39.9 Å². The molecule has 0 aliphatic heterocycles. The molecule has 7 unspecified atom stereocenters. The molecule has 0 aromatic carbocycles. The Bertz CT molecular complexity index is 631. The maximum atomic E-state index is 10.4. The number of hydrogen-bond donors (Lipinski definition) is 2. The van der Waals surface area contributed by atoms with E-state index in [0.29, 0.717) is 10.8 Å². The van der Waals surface area contributed by atoms with E-state index in [4.69, 9.17) is 0 Å². The zero-order valence-electron chi connectivity index (χ0n) is 19.7. The predicted octanol–water partition coefficient (Wildman–Crippen LogP) is 6.50. The largest absolute Gasteiger partial charge is 0.393 e. The average Bonchev–Trinajstić information content (AvgIpc) is 2.98. The van der Waals surface area contributed by atoms with Crippen LogP contribution in [0.3, 0.4) is 0 Å². The predicted molar refractivity (Wildman–Crippen MR) is 121 cm³/mol. The summed E-state index contributed by atoms with van der Waals surface area (Å²) in [5, 5.41) is 20.6. The molecular weight excluding hydrogens is 356 g/mol. The van der Waals surface area contributed by atoms with Gasteiger partial charge in [0, 0.05) is 0 Å². The van der Waals surface area contributed by atoms with Crippen LogP contribution in [0.5, 0.6) is 0 Å². The molecule has 3 fully saturated rings. The van der Waals surface area contributed by atoms with Crippen LogP contribution in [0.25, 0.3) is 0 Å². The number of allylic oxidation sites excluding steroid dienone is 1. The fourth-order valence-electron chi connectivity index (χ4n) is 8.22. The molecule has 3 saturated carbocycles. The van der Waals surface area contributed by atoms with Gasteiger partial charge >= 0.3 is 0 Å². The van der Waals surface area contributed by atoms with Gasteiger partial charge in [-0.3, -0.25) is 0 Å². The first-order valence-electron chi connectivity index (χ1n) is 12.6. The first-order valence-corrected chi connectivity index (χ1v) is 12.6. The summed E-state index contributed by atoms with van der Waals surface area (Å²) in [6, 6.07) is 0. The van der Waals surface area contributed by atoms with Crippen molar-refractivity contribution in [3.63, 3.8) is 0 Å². The molecule has 4 rings (SSSR count). The third kappa shape index (κ3) is 3.75. The average molecular weight is 403 g/mol. The van der Waals surface area contributed by atoms with Crippen molar-refractivity contribution in [2.45, 2.75) is 117 Å². The maximum absolute atomic E-state index is 10.4. The number of rotatable bonds is 4. The summed E-state index contributed by atoms with van der Waals surface area (Å²) >= 11 is 0. The molecule has 2 N–H and O–H groups in total. The maximum Gasteiger partial charge on any atom is 0.0588 e. The second-order valence-corrected chi connectivity index (χ2v) is 12.8. The second kappa shape index (κ2) is 7.66. The molecule has 0 bridgehead atoms. The van der Waals surface area contributed by atoms with E-state index in [0.717, 1.165) is 42.9 Å². The Morgan fingerprint density at radius 2 is 1.83 bits per heavy atom. The fourth-order valence-corrected chi connectivity index (χ4v) is 8.22. The Morgan fingerprint density at radius 1 is 1.07 bits per heavy atom. The molecule has 166 valence electrons. The number of hydrogen-bond acceptors (Lipinski definition) is 2. The van der Waals surface area contributed by atoms with Crippen LogP contribution < -0.4 is 0 Å². The first-order chi connectivity index (χ1) is 13.6. The smallest absolute Gasteiger partial charge is 0.0588 e. The van der Waals surface area contributed by atoms with Crippen molar-refractivity contribution in [2.75, 3.05) is 0 Å². The lowest BCUT2D eigenvalue weighted by molar-refractivity contribution is -0.0514. The van der Waals surface area contributed by atoms with Crippen molar-refractivity contribution in [3.05, 3.63) is 11.6 Å². The molecular formula is C27H46O2. The number of aliphatic hydroxyl groups is 2. The molecule has 2 nitrogen and oxygen atoms in total. The van der Waals surface area contributed by atoms with Gasteiger partial charge in [-0.25, -0.2) is 0 Å². The molecule has 0 radical (unpaired) electrons. The lowest BCUT2D eigenvalue weighted by atomic mass is 9.47. The van der Waals surface area contributed by atoms with Gasteiger partial charge in [0.15, 0.2) is 0 Å². The Hall–Kier alpha value is -0.340. The van der Waals surface area contributed by atoms with Crippen molar-refractivity contribution >= 4 is 0 Å². The van der Waals surface area contributed by atoms with E-state index in [-0.39, 0.29) is 17.6 Å². The highest BCUT2D eigenvalue weighted by atomic mass is 16.3. The number of fused-ring (bicyclic) bond motifs is 5. The van der Waals surface area contributed by atoms with E-state index >= 15 is 0 Å². The van der Waals surface area contributed by atoms with Gasteiger partial charge in [0.1, 0.15) is 0 Å². The minimum Gasteiger partial charge on any atom is -0.393 e. The van der Waals surface area contributed by atoms with Gasteiger partial charge in [-0.05, 0) is 104 Å². The zero-order valence-corrected chi connectivity index (χ0v) is 19.7. The van der Waals surface area contributed by atoms with E-state index < -0.39 is 0 Å². The molecule has 0 aromatic heterocycles. The molecule has 4 aliphatic rings. The highest BCUT2D eigenvalue weighted by Gasteiger charge is 2.58. The Balaban J connectivity index is 1.43. The highest BCUT2D eigenvalue weighted by molar-refractivity contribution is 5.25. The van der Waals surface area contributed by atoms with Crippen LogP contribution >= 0.6 is 0 Å². The second-order valence-electron chi connectivity index (χ2n) is 12.8. The minimum atomic E-state index is -0.174. The standard InChI is InChI=1S/C27H46O2/c1-25(2,3)24(29)8-6-7-18-10-12-22-21-11-9-19-17-20(28)13-15-27(19,5)23(21)14-16-26(18,22)4/h9,18,20-24,28-29H,6-8,10-17H2,1-5H3/t18-,20?,21?,22?,23?,24?,26?,27?/m0/s1. The van der Waals surface area contributed by atoms with E-state index in [1.165, 1.54) is 51.4 Å². The molecule has 0 aromatic rings. The van der Waals surface area contributed by atoms with Crippen LogP contribution in [0.15, 0.2) is 11.6 Å². The third-order valence-corrected chi connectivity index (χ3v) is 10.3. The van der Waals surface area contributed by atoms with Crippen LogP contribution in [-0.2, 0) is 0 Å². The highest BCUT2D eigenvalue weighted by Crippen LogP contribution is 2.66. The van der Waals surface area contributed by atoms with Crippen molar-refractivity contribution in [1.82, 2.24) is 0 Å². The van der Waals surface area contributed by atoms with Crippen LogP contribution in [0.2, 0.25) is 0 Å². The van der Waals surface area contributed by atoms with Crippen LogP contribution in [0, 0.1) is 39.9 Å². The Labute approximate surface area is 179 Å². The topological polar surface area (TPSA) is 40.5 Å². The normalized spacial score (nSPS) is 45.8. The summed E-state index contributed by atoms with van der Waals surface area (Å²) in [4.78, 5) is 0. The summed E-state index contributed by atoms with van der Waals surface area (Å²) in [6.45, 7) is 11.6. The summed E-state index contributed by atoms with van der Waals surface area (Å²) < 4.78 is 0. The van der Waals surface area contributed by atoms with Crippen LogP contribution in [-0.4, -0.2) is 22.4 Å². The summed E-state index contributed by atoms with van der Waals surface area (Å²) in [5.74, 6) is 3.45. The van der Waals surface area contributed by atoms with E-state index in [1.807, 2.05) is 0 Å². The quantitative estimate of drug-likeness (QED) is 0.527. The van der Waals surface area contributed by atoms with Gasteiger partial charge in [-0.1, -0.05) is 52.7 Å². The first kappa shape index (κ1) is 21.9. The summed E-state index contributed by atoms with van der Waals surface area (Å²) in [7, 11) is 0. The van der Waals surface area contributed by atoms with E-state index in [2.05, 4.69) is 40.7 Å². The van der Waals surface area contributed by atoms with Gasteiger partial charge < -0.3 is 10.2 Å². The van der Waals surface area contributed by atoms with Crippen molar-refractivity contribution in [1.29, 1.82) is 0 Å². The summed E-state index contributed by atoms with van der Waals surface area (Å²) in [5.41, 5.74) is 2.48. The molecule has 4 aliphatic carbocycles. The van der Waals surface area contributed by atoms with E-state index in [9.17, 15) is 10.2 Å². The Kier molecular flexibility index (Phi) is 5.78. The molecule has 29 heavy (non-hydrogen) atoms. The number of aliphatic hydroxyl groups excluding tert-OH is 2. The monoisotopic (exact) mass is 402 g/mol. The molecule has 0 heterocycles. The van der Waals surface area contributed by atoms with Gasteiger partial charge in [-0.2, -0.15) is 0 Å². The van der Waals surface area contributed by atoms with E-state index in [1.54, 1.807) is 5.57 Å². The molecule has 8 atom stereocenters. The molecule has 0 amide bonds. The van der Waals surface area contributed by atoms with Crippen LogP contribution in [0.4, 0.5) is 0 Å². The summed E-state index contributed by atoms with van der Waals surface area (Å²) in [6.07, 6.45) is 15.7. The zero-order chi connectivity index (χ0) is 21.0. The SMILES string of the molecule is CC(C)(C)C(O)CCC[C@H]1CCC2C3CC=C4CC(O)CCC4(C)C3CCC21C. The van der Waals surface area contributed by atoms with Gasteiger partial charge in [0.25, 0.3) is 0 Å². The fraction of sp³-hybridized carbons (Fsp3) is 0.926. The lowest BCUT2D eigenvalue weighted by Gasteiger charge is -2.58. The van der Waals surface area contributed by atoms with Crippen LogP contribution in [0.1, 0.15) is 105 Å². The lowest BCUT2D eigenvalue weighted by Crippen LogP contribution is -2.50. The van der Waals surface area contributed by atoms with Gasteiger partial charge in [0.2, 0.25) is 0 Å². The van der Waals surface area contributed by atoms with Gasteiger partial charge in [-0.15, -0.1) is 0 Å². The minimum absolute atomic E-state index is 0.00926. The Morgan fingerprint density at radius 3 is 2.55 bits per heavy atom. The molecule has 0 saturated heterocycles. The third-order valence-electron chi connectivity index (χ3n) is 10.3. The van der Waals surface area contributed by atoms with Gasteiger partial charge in [0.05, 0.1) is 12.2 Å². The van der Waals surface area contributed by atoms with Crippen molar-refractivity contribution < 1.29 is 10.2 Å². The van der Waals surface area contributed by atoms with Crippen molar-refractivity contribution in [3.8, 4) is 0 Å².